The minimum Gasteiger partial charge on any atom is -0.339 e. The predicted molar refractivity (Wildman–Crippen MR) is 90.9 cm³/mol. The predicted octanol–water partition coefficient (Wildman–Crippen LogP) is 4.25. The van der Waals surface area contributed by atoms with Gasteiger partial charge in [0.05, 0.1) is 0 Å². The second kappa shape index (κ2) is 7.05. The first-order chi connectivity index (χ1) is 10.7. The zero-order valence-corrected chi connectivity index (χ0v) is 14.0. The molecular weight excluding hydrogens is 340 g/mol. The lowest BCUT2D eigenvalue weighted by Gasteiger charge is -2.21. The van der Waals surface area contributed by atoms with Crippen LogP contribution in [0.15, 0.2) is 53.3 Å². The molecule has 1 fully saturated rings. The third-order valence-corrected chi connectivity index (χ3v) is 4.69. The number of hydrogen-bond acceptors (Lipinski definition) is 2. The van der Waals surface area contributed by atoms with Crippen LogP contribution < -0.4 is 0 Å². The van der Waals surface area contributed by atoms with Crippen LogP contribution in [0.3, 0.4) is 0 Å². The fraction of sp³-hybridized carbons (Fsp3) is 0.333. The van der Waals surface area contributed by atoms with E-state index in [1.54, 1.807) is 18.3 Å². The third kappa shape index (κ3) is 3.55. The average Bonchev–Trinajstić information content (AvgIpc) is 2.81. The molecule has 1 aliphatic rings. The zero-order chi connectivity index (χ0) is 15.4. The molecule has 1 aliphatic heterocycles. The molecule has 0 radical (unpaired) electrons. The van der Waals surface area contributed by atoms with E-state index in [1.807, 2.05) is 4.90 Å². The van der Waals surface area contributed by atoms with Gasteiger partial charge in [0.25, 0.3) is 5.91 Å². The number of amides is 1. The first-order valence-electron chi connectivity index (χ1n) is 7.70. The van der Waals surface area contributed by atoms with Crippen LogP contribution in [0.2, 0.25) is 0 Å². The molecule has 1 atom stereocenters. The van der Waals surface area contributed by atoms with E-state index in [4.69, 9.17) is 0 Å². The van der Waals surface area contributed by atoms with Crippen molar-refractivity contribution in [3.05, 3.63) is 64.4 Å². The lowest BCUT2D eigenvalue weighted by Crippen LogP contribution is -2.32. The number of pyridine rings is 1. The molecule has 22 heavy (non-hydrogen) atoms. The van der Waals surface area contributed by atoms with Gasteiger partial charge in [0.15, 0.2) is 0 Å². The number of halogens is 1. The smallest absolute Gasteiger partial charge is 0.254 e. The van der Waals surface area contributed by atoms with Gasteiger partial charge in [-0.2, -0.15) is 0 Å². The quantitative estimate of drug-likeness (QED) is 0.751. The van der Waals surface area contributed by atoms with Crippen molar-refractivity contribution >= 4 is 21.8 Å². The summed E-state index contributed by atoms with van der Waals surface area (Å²) in [5.74, 6) is 0.667. The molecule has 0 saturated carbocycles. The van der Waals surface area contributed by atoms with Gasteiger partial charge in [-0.05, 0) is 58.8 Å². The van der Waals surface area contributed by atoms with Crippen molar-refractivity contribution in [2.45, 2.75) is 25.2 Å². The molecule has 0 unspecified atom stereocenters. The van der Waals surface area contributed by atoms with Gasteiger partial charge >= 0.3 is 0 Å². The van der Waals surface area contributed by atoms with Crippen molar-refractivity contribution in [2.24, 2.45) is 0 Å². The molecule has 3 rings (SSSR count). The van der Waals surface area contributed by atoms with Gasteiger partial charge in [-0.1, -0.05) is 30.3 Å². The first-order valence-corrected chi connectivity index (χ1v) is 8.49. The zero-order valence-electron chi connectivity index (χ0n) is 12.4. The highest BCUT2D eigenvalue weighted by Gasteiger charge is 2.22. The van der Waals surface area contributed by atoms with E-state index in [0.717, 1.165) is 32.4 Å². The Kier molecular flexibility index (Phi) is 4.88. The van der Waals surface area contributed by atoms with Crippen LogP contribution in [0.1, 0.15) is 41.1 Å². The fourth-order valence-corrected chi connectivity index (χ4v) is 3.44. The van der Waals surface area contributed by atoms with Crippen LogP contribution in [-0.4, -0.2) is 28.9 Å². The van der Waals surface area contributed by atoms with Crippen molar-refractivity contribution in [3.63, 3.8) is 0 Å². The van der Waals surface area contributed by atoms with Gasteiger partial charge in [-0.25, -0.2) is 4.98 Å². The number of rotatable bonds is 2. The lowest BCUT2D eigenvalue weighted by atomic mass is 9.92. The van der Waals surface area contributed by atoms with Crippen LogP contribution in [0.5, 0.6) is 0 Å². The largest absolute Gasteiger partial charge is 0.339 e. The highest BCUT2D eigenvalue weighted by atomic mass is 79.9. The molecule has 4 heteroatoms. The Morgan fingerprint density at radius 1 is 1.14 bits per heavy atom. The van der Waals surface area contributed by atoms with Gasteiger partial charge in [-0.3, -0.25) is 4.79 Å². The molecule has 1 aromatic carbocycles. The molecule has 3 nitrogen and oxygen atoms in total. The first kappa shape index (κ1) is 15.2. The lowest BCUT2D eigenvalue weighted by molar-refractivity contribution is 0.0761. The number of nitrogens with zero attached hydrogens (tertiary/aromatic N) is 2. The maximum Gasteiger partial charge on any atom is 0.254 e. The number of benzene rings is 1. The number of hydrogen-bond donors (Lipinski definition) is 0. The Morgan fingerprint density at radius 3 is 2.73 bits per heavy atom. The molecule has 0 aliphatic carbocycles. The highest BCUT2D eigenvalue weighted by molar-refractivity contribution is 9.10. The van der Waals surface area contributed by atoms with Crippen LogP contribution in [0.25, 0.3) is 0 Å². The van der Waals surface area contributed by atoms with E-state index >= 15 is 0 Å². The summed E-state index contributed by atoms with van der Waals surface area (Å²) in [5.41, 5.74) is 2.10. The van der Waals surface area contributed by atoms with Crippen molar-refractivity contribution in [3.8, 4) is 0 Å². The average molecular weight is 359 g/mol. The molecule has 2 aromatic rings. The van der Waals surface area contributed by atoms with E-state index < -0.39 is 0 Å². The van der Waals surface area contributed by atoms with Crippen molar-refractivity contribution in [1.82, 2.24) is 9.88 Å². The normalized spacial score (nSPS) is 18.8. The van der Waals surface area contributed by atoms with E-state index in [2.05, 4.69) is 51.2 Å². The van der Waals surface area contributed by atoms with Gasteiger partial charge in [0.2, 0.25) is 0 Å². The molecule has 1 saturated heterocycles. The highest BCUT2D eigenvalue weighted by Crippen LogP contribution is 2.28. The van der Waals surface area contributed by atoms with Crippen LogP contribution in [0.4, 0.5) is 0 Å². The summed E-state index contributed by atoms with van der Waals surface area (Å²) in [6.45, 7) is 1.65. The molecule has 2 heterocycles. The van der Waals surface area contributed by atoms with Crippen LogP contribution in [-0.2, 0) is 0 Å². The molecule has 0 spiro atoms. The monoisotopic (exact) mass is 358 g/mol. The molecule has 1 aromatic heterocycles. The Labute approximate surface area is 139 Å². The summed E-state index contributed by atoms with van der Waals surface area (Å²) in [4.78, 5) is 18.7. The number of likely N-dealkylation sites (tertiary alicyclic amines) is 1. The van der Waals surface area contributed by atoms with Crippen molar-refractivity contribution in [1.29, 1.82) is 0 Å². The number of carbonyl (C=O) groups excluding carboxylic acids is 1. The van der Waals surface area contributed by atoms with Gasteiger partial charge in [0.1, 0.15) is 4.60 Å². The fourth-order valence-electron chi connectivity index (χ4n) is 3.08. The molecule has 0 bridgehead atoms. The molecule has 0 N–H and O–H groups in total. The van der Waals surface area contributed by atoms with E-state index in [0.29, 0.717) is 16.1 Å². The summed E-state index contributed by atoms with van der Waals surface area (Å²) >= 11 is 3.33. The van der Waals surface area contributed by atoms with Crippen LogP contribution in [0, 0.1) is 0 Å². The SMILES string of the molecule is O=C(c1ccnc(Br)c1)N1CCC[C@H](c2ccccc2)CC1. The Bertz CT molecular complexity index is 645. The molecule has 1 amide bonds. The number of carbonyl (C=O) groups is 1. The van der Waals surface area contributed by atoms with E-state index in [-0.39, 0.29) is 5.91 Å². The standard InChI is InChI=1S/C18H19BrN2O/c19-17-13-16(8-10-20-17)18(22)21-11-4-7-15(9-12-21)14-5-2-1-3-6-14/h1-3,5-6,8,10,13,15H,4,7,9,11-12H2/t15-/m0/s1. The summed E-state index contributed by atoms with van der Waals surface area (Å²) in [6.07, 6.45) is 4.90. The summed E-state index contributed by atoms with van der Waals surface area (Å²) in [6, 6.07) is 14.2. The Morgan fingerprint density at radius 2 is 1.95 bits per heavy atom. The summed E-state index contributed by atoms with van der Waals surface area (Å²) in [7, 11) is 0. The summed E-state index contributed by atoms with van der Waals surface area (Å²) in [5, 5.41) is 0. The third-order valence-electron chi connectivity index (χ3n) is 4.26. The van der Waals surface area contributed by atoms with Gasteiger partial charge in [-0.15, -0.1) is 0 Å². The van der Waals surface area contributed by atoms with Gasteiger partial charge < -0.3 is 4.90 Å². The minimum atomic E-state index is 0.108. The summed E-state index contributed by atoms with van der Waals surface area (Å²) < 4.78 is 0.704. The van der Waals surface area contributed by atoms with Crippen LogP contribution >= 0.6 is 15.9 Å². The Hall–Kier alpha value is -1.68. The second-order valence-corrected chi connectivity index (χ2v) is 6.51. The maximum absolute atomic E-state index is 12.6. The van der Waals surface area contributed by atoms with E-state index in [9.17, 15) is 4.79 Å². The topological polar surface area (TPSA) is 33.2 Å². The molecular formula is C18H19BrN2O. The Balaban J connectivity index is 1.69. The maximum atomic E-state index is 12.6. The van der Waals surface area contributed by atoms with Gasteiger partial charge in [0, 0.05) is 24.8 Å². The minimum absolute atomic E-state index is 0.108. The van der Waals surface area contributed by atoms with Crippen molar-refractivity contribution < 1.29 is 4.79 Å². The van der Waals surface area contributed by atoms with E-state index in [1.165, 1.54) is 5.56 Å². The van der Waals surface area contributed by atoms with Crippen molar-refractivity contribution in [2.75, 3.05) is 13.1 Å². The molecule has 114 valence electrons. The number of aromatic nitrogens is 1. The second-order valence-electron chi connectivity index (χ2n) is 5.70.